The number of carboxylic acid groups (broad SMARTS) is 1. The van der Waals surface area contributed by atoms with Gasteiger partial charge in [-0.2, -0.15) is 0 Å². The van der Waals surface area contributed by atoms with Crippen LogP contribution in [0.25, 0.3) is 11.1 Å². The van der Waals surface area contributed by atoms with Gasteiger partial charge in [0.15, 0.2) is 0 Å². The highest BCUT2D eigenvalue weighted by Crippen LogP contribution is 2.44. The van der Waals surface area contributed by atoms with Gasteiger partial charge in [-0.1, -0.05) is 61.4 Å². The van der Waals surface area contributed by atoms with Gasteiger partial charge in [0, 0.05) is 24.9 Å². The van der Waals surface area contributed by atoms with Crippen LogP contribution in [0.15, 0.2) is 48.5 Å². The zero-order valence-electron chi connectivity index (χ0n) is 20.0. The average molecular weight is 479 g/mol. The summed E-state index contributed by atoms with van der Waals surface area (Å²) >= 11 is 0. The van der Waals surface area contributed by atoms with Crippen LogP contribution in [0.1, 0.15) is 68.4 Å². The van der Waals surface area contributed by atoms with Crippen LogP contribution >= 0.6 is 0 Å². The maximum Gasteiger partial charge on any atom is 0.407 e. The number of nitrogens with one attached hydrogen (secondary N) is 2. The van der Waals surface area contributed by atoms with Gasteiger partial charge in [-0.15, -0.1) is 0 Å². The highest BCUT2D eigenvalue weighted by atomic mass is 16.5. The van der Waals surface area contributed by atoms with E-state index < -0.39 is 12.1 Å². The molecule has 35 heavy (non-hydrogen) atoms. The Morgan fingerprint density at radius 1 is 0.886 bits per heavy atom. The maximum absolute atomic E-state index is 12.2. The second-order valence-electron chi connectivity index (χ2n) is 9.53. The topological polar surface area (TPSA) is 105 Å². The van der Waals surface area contributed by atoms with Crippen molar-refractivity contribution < 1.29 is 24.2 Å². The van der Waals surface area contributed by atoms with Crippen LogP contribution in [0.3, 0.4) is 0 Å². The molecule has 0 unspecified atom stereocenters. The molecule has 2 amide bonds. The van der Waals surface area contributed by atoms with Gasteiger partial charge < -0.3 is 20.5 Å². The van der Waals surface area contributed by atoms with Crippen molar-refractivity contribution in [3.05, 3.63) is 59.7 Å². The van der Waals surface area contributed by atoms with E-state index in [0.29, 0.717) is 32.4 Å². The number of rotatable bonds is 11. The highest BCUT2D eigenvalue weighted by molar-refractivity contribution is 5.79. The van der Waals surface area contributed by atoms with Crippen molar-refractivity contribution in [2.75, 3.05) is 13.2 Å². The van der Waals surface area contributed by atoms with Crippen molar-refractivity contribution in [2.45, 2.75) is 63.3 Å². The first-order chi connectivity index (χ1) is 17.0. The summed E-state index contributed by atoms with van der Waals surface area (Å²) in [5.74, 6) is -1.05. The number of ether oxygens (including phenoxy) is 1. The third kappa shape index (κ3) is 6.41. The standard InChI is InChI=1S/C28H34N2O5/c31-26(30-20-15-14-19(17-20)27(32)33)13-3-1-2-8-16-29-28(34)35-18-25-23-11-6-4-9-21(23)22-10-5-7-12-24(22)25/h4-7,9-12,19-20,25H,1-3,8,13-18H2,(H,29,34)(H,30,31)(H,32,33)/t19-,20+/m0/s1. The number of hydrogen-bond donors (Lipinski definition) is 3. The lowest BCUT2D eigenvalue weighted by Crippen LogP contribution is -2.33. The number of alkyl carbamates (subject to hydrolysis) is 1. The molecule has 0 aromatic heterocycles. The Kier molecular flexibility index (Phi) is 8.40. The summed E-state index contributed by atoms with van der Waals surface area (Å²) < 4.78 is 5.54. The molecule has 7 nitrogen and oxygen atoms in total. The molecule has 0 aliphatic heterocycles. The summed E-state index contributed by atoms with van der Waals surface area (Å²) in [5, 5.41) is 14.8. The summed E-state index contributed by atoms with van der Waals surface area (Å²) in [7, 11) is 0. The van der Waals surface area contributed by atoms with E-state index in [1.165, 1.54) is 22.3 Å². The Hall–Kier alpha value is -3.35. The zero-order chi connectivity index (χ0) is 24.6. The number of carboxylic acids is 1. The van der Waals surface area contributed by atoms with Crippen molar-refractivity contribution in [3.8, 4) is 11.1 Å². The van der Waals surface area contributed by atoms with Crippen LogP contribution in [0, 0.1) is 5.92 Å². The molecule has 0 bridgehead atoms. The van der Waals surface area contributed by atoms with Crippen molar-refractivity contribution >= 4 is 18.0 Å². The number of aliphatic carboxylic acids is 1. The Morgan fingerprint density at radius 2 is 1.54 bits per heavy atom. The molecule has 3 N–H and O–H groups in total. The van der Waals surface area contributed by atoms with E-state index >= 15 is 0 Å². The number of amides is 2. The number of unbranched alkanes of at least 4 members (excludes halogenated alkanes) is 3. The first-order valence-corrected chi connectivity index (χ1v) is 12.6. The number of fused-ring (bicyclic) bond motifs is 3. The van der Waals surface area contributed by atoms with Crippen LogP contribution in [0.5, 0.6) is 0 Å². The first kappa shape index (κ1) is 24.8. The highest BCUT2D eigenvalue weighted by Gasteiger charge is 2.30. The molecular weight excluding hydrogens is 444 g/mol. The summed E-state index contributed by atoms with van der Waals surface area (Å²) in [6, 6.07) is 16.5. The van der Waals surface area contributed by atoms with Crippen molar-refractivity contribution in [1.82, 2.24) is 10.6 Å². The molecule has 2 aliphatic rings. The molecule has 2 aromatic carbocycles. The number of hydrogen-bond acceptors (Lipinski definition) is 4. The normalized spacial score (nSPS) is 18.5. The van der Waals surface area contributed by atoms with Crippen LogP contribution in [0.4, 0.5) is 4.79 Å². The third-order valence-electron chi connectivity index (χ3n) is 7.09. The van der Waals surface area contributed by atoms with Crippen molar-refractivity contribution in [1.29, 1.82) is 0 Å². The van der Waals surface area contributed by atoms with Gasteiger partial charge in [-0.3, -0.25) is 9.59 Å². The van der Waals surface area contributed by atoms with E-state index in [0.717, 1.165) is 32.1 Å². The summed E-state index contributed by atoms with van der Waals surface area (Å²) in [6.07, 6.45) is 5.39. The largest absolute Gasteiger partial charge is 0.481 e. The maximum atomic E-state index is 12.2. The lowest BCUT2D eigenvalue weighted by Gasteiger charge is -2.14. The Labute approximate surface area is 206 Å². The fraction of sp³-hybridized carbons (Fsp3) is 0.464. The van der Waals surface area contributed by atoms with Crippen LogP contribution < -0.4 is 10.6 Å². The van der Waals surface area contributed by atoms with Crippen LogP contribution in [0.2, 0.25) is 0 Å². The van der Waals surface area contributed by atoms with Crippen molar-refractivity contribution in [2.24, 2.45) is 5.92 Å². The second kappa shape index (κ2) is 11.9. The van der Waals surface area contributed by atoms with Gasteiger partial charge in [0.2, 0.25) is 5.91 Å². The molecule has 1 fully saturated rings. The SMILES string of the molecule is O=C(CCCCCCNC(=O)OCC1c2ccccc2-c2ccccc21)N[C@@H]1CC[C@H](C(=O)O)C1. The predicted molar refractivity (Wildman–Crippen MR) is 133 cm³/mol. The smallest absolute Gasteiger partial charge is 0.407 e. The molecule has 0 spiro atoms. The second-order valence-corrected chi connectivity index (χ2v) is 9.53. The minimum Gasteiger partial charge on any atom is -0.481 e. The summed E-state index contributed by atoms with van der Waals surface area (Å²) in [5.41, 5.74) is 4.80. The van der Waals surface area contributed by atoms with E-state index in [9.17, 15) is 14.4 Å². The molecular formula is C28H34N2O5. The fourth-order valence-electron chi connectivity index (χ4n) is 5.24. The van der Waals surface area contributed by atoms with E-state index in [1.807, 2.05) is 24.3 Å². The van der Waals surface area contributed by atoms with Crippen LogP contribution in [-0.2, 0) is 14.3 Å². The van der Waals surface area contributed by atoms with Crippen LogP contribution in [-0.4, -0.2) is 42.3 Å². The molecule has 2 aliphatic carbocycles. The minimum atomic E-state index is -0.770. The molecule has 0 saturated heterocycles. The van der Waals surface area contributed by atoms with Gasteiger partial charge in [0.1, 0.15) is 6.61 Å². The molecule has 2 atom stereocenters. The summed E-state index contributed by atoms with van der Waals surface area (Å²) in [4.78, 5) is 35.3. The monoisotopic (exact) mass is 478 g/mol. The number of benzene rings is 2. The zero-order valence-corrected chi connectivity index (χ0v) is 20.0. The quantitative estimate of drug-likeness (QED) is 0.401. The van der Waals surface area contributed by atoms with Gasteiger partial charge in [0.05, 0.1) is 5.92 Å². The molecule has 4 rings (SSSR count). The van der Waals surface area contributed by atoms with E-state index in [2.05, 4.69) is 34.9 Å². The van der Waals surface area contributed by atoms with Gasteiger partial charge >= 0.3 is 12.1 Å². The Morgan fingerprint density at radius 3 is 2.20 bits per heavy atom. The molecule has 0 heterocycles. The minimum absolute atomic E-state index is 0.00204. The van der Waals surface area contributed by atoms with Gasteiger partial charge in [-0.25, -0.2) is 4.79 Å². The molecule has 7 heteroatoms. The summed E-state index contributed by atoms with van der Waals surface area (Å²) in [6.45, 7) is 0.852. The molecule has 2 aromatic rings. The van der Waals surface area contributed by atoms with Gasteiger partial charge in [-0.05, 0) is 54.4 Å². The van der Waals surface area contributed by atoms with E-state index in [4.69, 9.17) is 9.84 Å². The Bertz CT molecular complexity index is 1010. The number of carbonyl (C=O) groups excluding carboxylic acids is 2. The predicted octanol–water partition coefficient (Wildman–Crippen LogP) is 4.85. The van der Waals surface area contributed by atoms with E-state index in [1.54, 1.807) is 0 Å². The Balaban J connectivity index is 1.07. The fourth-order valence-corrected chi connectivity index (χ4v) is 5.24. The number of carbonyl (C=O) groups is 3. The van der Waals surface area contributed by atoms with Gasteiger partial charge in [0.25, 0.3) is 0 Å². The average Bonchev–Trinajstić information content (AvgIpc) is 3.45. The molecule has 0 radical (unpaired) electrons. The lowest BCUT2D eigenvalue weighted by atomic mass is 9.98. The van der Waals surface area contributed by atoms with E-state index in [-0.39, 0.29) is 23.8 Å². The third-order valence-corrected chi connectivity index (χ3v) is 7.09. The molecule has 1 saturated carbocycles. The lowest BCUT2D eigenvalue weighted by molar-refractivity contribution is -0.141. The first-order valence-electron chi connectivity index (χ1n) is 12.6. The molecule has 186 valence electrons. The van der Waals surface area contributed by atoms with Crippen molar-refractivity contribution in [3.63, 3.8) is 0 Å².